The van der Waals surface area contributed by atoms with Gasteiger partial charge in [-0.15, -0.1) is 11.3 Å². The lowest BCUT2D eigenvalue weighted by atomic mass is 10.1. The molecule has 5 heteroatoms. The lowest BCUT2D eigenvalue weighted by molar-refractivity contribution is 0.475. The van der Waals surface area contributed by atoms with Crippen molar-refractivity contribution in [3.05, 3.63) is 65.0 Å². The molecule has 1 heterocycles. The second-order valence-corrected chi connectivity index (χ2v) is 5.95. The number of nitrogens with zero attached hydrogens (tertiary/aromatic N) is 2. The standard InChI is InChI=1S/C17H15N3OS/c1-12-16(14-5-3-2-4-6-14)19-17(22-12)20-18-11-13-7-9-15(21)10-8-13/h2-11,21H,1H3,(H,19,20)/b18-11-. The van der Waals surface area contributed by atoms with Crippen LogP contribution in [0.25, 0.3) is 11.3 Å². The summed E-state index contributed by atoms with van der Waals surface area (Å²) < 4.78 is 0. The fourth-order valence-electron chi connectivity index (χ4n) is 2.03. The Bertz CT molecular complexity index is 779. The Labute approximate surface area is 132 Å². The van der Waals surface area contributed by atoms with Crippen LogP contribution < -0.4 is 5.43 Å². The normalized spacial score (nSPS) is 11.0. The predicted octanol–water partition coefficient (Wildman–Crippen LogP) is 4.27. The molecule has 110 valence electrons. The van der Waals surface area contributed by atoms with Gasteiger partial charge >= 0.3 is 0 Å². The fourth-order valence-corrected chi connectivity index (χ4v) is 2.82. The van der Waals surface area contributed by atoms with Crippen LogP contribution in [-0.4, -0.2) is 16.3 Å². The number of aromatic hydroxyl groups is 1. The molecule has 0 radical (unpaired) electrons. The molecule has 0 unspecified atom stereocenters. The first kappa shape index (κ1) is 14.3. The molecule has 22 heavy (non-hydrogen) atoms. The van der Waals surface area contributed by atoms with Crippen LogP contribution in [0.3, 0.4) is 0 Å². The van der Waals surface area contributed by atoms with Crippen LogP contribution in [0.5, 0.6) is 5.75 Å². The van der Waals surface area contributed by atoms with Gasteiger partial charge in [0, 0.05) is 10.4 Å². The molecule has 2 aromatic carbocycles. The van der Waals surface area contributed by atoms with Gasteiger partial charge in [-0.3, -0.25) is 5.43 Å². The highest BCUT2D eigenvalue weighted by molar-refractivity contribution is 7.15. The van der Waals surface area contributed by atoms with Crippen LogP contribution >= 0.6 is 11.3 Å². The molecule has 0 fully saturated rings. The number of aromatic nitrogens is 1. The van der Waals surface area contributed by atoms with Gasteiger partial charge in [-0.2, -0.15) is 5.10 Å². The summed E-state index contributed by atoms with van der Waals surface area (Å²) >= 11 is 1.57. The molecule has 0 saturated heterocycles. The molecule has 3 aromatic rings. The number of hydrogen-bond acceptors (Lipinski definition) is 5. The number of phenols is 1. The molecule has 3 rings (SSSR count). The molecule has 0 aliphatic heterocycles. The third-order valence-electron chi connectivity index (χ3n) is 3.11. The maximum atomic E-state index is 9.23. The third kappa shape index (κ3) is 3.32. The minimum Gasteiger partial charge on any atom is -0.508 e. The molecule has 0 bridgehead atoms. The Balaban J connectivity index is 1.73. The zero-order valence-corrected chi connectivity index (χ0v) is 12.8. The van der Waals surface area contributed by atoms with Gasteiger partial charge in [-0.25, -0.2) is 4.98 Å². The van der Waals surface area contributed by atoms with Gasteiger partial charge in [0.15, 0.2) is 0 Å². The summed E-state index contributed by atoms with van der Waals surface area (Å²) in [6.07, 6.45) is 1.69. The third-order valence-corrected chi connectivity index (χ3v) is 3.99. The summed E-state index contributed by atoms with van der Waals surface area (Å²) in [4.78, 5) is 5.73. The van der Waals surface area contributed by atoms with E-state index in [4.69, 9.17) is 0 Å². The van der Waals surface area contributed by atoms with E-state index < -0.39 is 0 Å². The fraction of sp³-hybridized carbons (Fsp3) is 0.0588. The number of aryl methyl sites for hydroxylation is 1. The Kier molecular flexibility index (Phi) is 4.16. The molecule has 0 atom stereocenters. The van der Waals surface area contributed by atoms with Crippen molar-refractivity contribution in [1.82, 2.24) is 4.98 Å². The number of rotatable bonds is 4. The summed E-state index contributed by atoms with van der Waals surface area (Å²) in [5.41, 5.74) is 5.94. The SMILES string of the molecule is Cc1sc(N/N=C\c2ccc(O)cc2)nc1-c1ccccc1. The predicted molar refractivity (Wildman–Crippen MR) is 91.6 cm³/mol. The molecule has 1 aromatic heterocycles. The van der Waals surface area contributed by atoms with Crippen LogP contribution in [0.1, 0.15) is 10.4 Å². The van der Waals surface area contributed by atoms with Crippen molar-refractivity contribution < 1.29 is 5.11 Å². The van der Waals surface area contributed by atoms with E-state index in [0.717, 1.165) is 26.8 Å². The summed E-state index contributed by atoms with van der Waals surface area (Å²) in [5.74, 6) is 0.244. The van der Waals surface area contributed by atoms with Crippen molar-refractivity contribution in [2.75, 3.05) is 5.43 Å². The molecule has 4 nitrogen and oxygen atoms in total. The van der Waals surface area contributed by atoms with E-state index in [1.807, 2.05) is 30.3 Å². The van der Waals surface area contributed by atoms with E-state index in [0.29, 0.717) is 0 Å². The highest BCUT2D eigenvalue weighted by atomic mass is 32.1. The number of nitrogens with one attached hydrogen (secondary N) is 1. The highest BCUT2D eigenvalue weighted by Crippen LogP contribution is 2.30. The van der Waals surface area contributed by atoms with Gasteiger partial charge < -0.3 is 5.11 Å². The van der Waals surface area contributed by atoms with Gasteiger partial charge in [-0.1, -0.05) is 30.3 Å². The van der Waals surface area contributed by atoms with E-state index >= 15 is 0 Å². The Morgan fingerprint density at radius 1 is 1.09 bits per heavy atom. The zero-order valence-electron chi connectivity index (χ0n) is 12.0. The molecule has 2 N–H and O–H groups in total. The average molecular weight is 309 g/mol. The first-order chi connectivity index (χ1) is 10.7. The zero-order chi connectivity index (χ0) is 15.4. The van der Waals surface area contributed by atoms with Gasteiger partial charge in [0.2, 0.25) is 5.13 Å². The van der Waals surface area contributed by atoms with Crippen molar-refractivity contribution in [3.63, 3.8) is 0 Å². The molecule has 0 aliphatic carbocycles. The van der Waals surface area contributed by atoms with Gasteiger partial charge in [0.05, 0.1) is 11.9 Å². The van der Waals surface area contributed by atoms with Crippen molar-refractivity contribution in [2.24, 2.45) is 5.10 Å². The van der Waals surface area contributed by atoms with E-state index in [1.165, 1.54) is 0 Å². The van der Waals surface area contributed by atoms with Crippen molar-refractivity contribution in [1.29, 1.82) is 0 Å². The smallest absolute Gasteiger partial charge is 0.204 e. The molecular formula is C17H15N3OS. The molecular weight excluding hydrogens is 294 g/mol. The van der Waals surface area contributed by atoms with Crippen molar-refractivity contribution >= 4 is 22.7 Å². The second-order valence-electron chi connectivity index (χ2n) is 4.75. The first-order valence-corrected chi connectivity index (χ1v) is 7.65. The lowest BCUT2D eigenvalue weighted by Crippen LogP contribution is -1.90. The average Bonchev–Trinajstić information content (AvgIpc) is 2.91. The summed E-state index contributed by atoms with van der Waals surface area (Å²) in [5, 5.41) is 14.2. The van der Waals surface area contributed by atoms with Gasteiger partial charge in [-0.05, 0) is 36.8 Å². The van der Waals surface area contributed by atoms with Gasteiger partial charge in [0.1, 0.15) is 5.75 Å². The number of thiazole rings is 1. The summed E-state index contributed by atoms with van der Waals surface area (Å²) in [6.45, 7) is 2.05. The maximum absolute atomic E-state index is 9.23. The lowest BCUT2D eigenvalue weighted by Gasteiger charge is -1.97. The van der Waals surface area contributed by atoms with Crippen LogP contribution in [0.15, 0.2) is 59.7 Å². The van der Waals surface area contributed by atoms with Crippen LogP contribution in [0.2, 0.25) is 0 Å². The van der Waals surface area contributed by atoms with Crippen molar-refractivity contribution in [3.8, 4) is 17.0 Å². The van der Waals surface area contributed by atoms with Crippen LogP contribution in [0.4, 0.5) is 5.13 Å². The minimum atomic E-state index is 0.244. The number of anilines is 1. The number of hydrogen-bond donors (Lipinski definition) is 2. The second kappa shape index (κ2) is 6.41. The first-order valence-electron chi connectivity index (χ1n) is 6.83. The molecule has 0 amide bonds. The topological polar surface area (TPSA) is 57.5 Å². The quantitative estimate of drug-likeness (QED) is 0.559. The Hall–Kier alpha value is -2.66. The monoisotopic (exact) mass is 309 g/mol. The van der Waals surface area contributed by atoms with Crippen LogP contribution in [-0.2, 0) is 0 Å². The largest absolute Gasteiger partial charge is 0.508 e. The Morgan fingerprint density at radius 2 is 1.82 bits per heavy atom. The summed E-state index contributed by atoms with van der Waals surface area (Å²) in [6, 6.07) is 16.9. The number of benzene rings is 2. The van der Waals surface area contributed by atoms with Crippen LogP contribution in [0, 0.1) is 6.92 Å². The Morgan fingerprint density at radius 3 is 2.55 bits per heavy atom. The van der Waals surface area contributed by atoms with Gasteiger partial charge in [0.25, 0.3) is 0 Å². The highest BCUT2D eigenvalue weighted by Gasteiger charge is 2.08. The van der Waals surface area contributed by atoms with E-state index in [2.05, 4.69) is 22.4 Å². The maximum Gasteiger partial charge on any atom is 0.204 e. The van der Waals surface area contributed by atoms with Crippen molar-refractivity contribution in [2.45, 2.75) is 6.92 Å². The minimum absolute atomic E-state index is 0.244. The van der Waals surface area contributed by atoms with E-state index in [1.54, 1.807) is 41.8 Å². The van der Waals surface area contributed by atoms with E-state index in [9.17, 15) is 5.11 Å². The number of phenolic OH excluding ortho intramolecular Hbond substituents is 1. The molecule has 0 aliphatic rings. The van der Waals surface area contributed by atoms with E-state index in [-0.39, 0.29) is 5.75 Å². The molecule has 0 saturated carbocycles. The molecule has 0 spiro atoms. The summed E-state index contributed by atoms with van der Waals surface area (Å²) in [7, 11) is 0. The number of hydrazone groups is 1.